The summed E-state index contributed by atoms with van der Waals surface area (Å²) in [5, 5.41) is 0.629. The topological polar surface area (TPSA) is 26.0 Å². The third-order valence-corrected chi connectivity index (χ3v) is 3.14. The molecule has 0 radical (unpaired) electrons. The fourth-order valence-corrected chi connectivity index (χ4v) is 2.07. The Morgan fingerprint density at radius 1 is 1.44 bits per heavy atom. The van der Waals surface area contributed by atoms with Crippen LogP contribution in [0.3, 0.4) is 0 Å². The minimum absolute atomic E-state index is 0.314. The maximum Gasteiger partial charge on any atom is 0.130 e. The van der Waals surface area contributed by atoms with E-state index in [1.165, 1.54) is 13.8 Å². The van der Waals surface area contributed by atoms with Crippen molar-refractivity contribution in [3.05, 3.63) is 34.3 Å². The molecule has 0 aliphatic heterocycles. The summed E-state index contributed by atoms with van der Waals surface area (Å²) in [6.45, 7) is 5.77. The van der Waals surface area contributed by atoms with Crippen molar-refractivity contribution in [2.75, 3.05) is 6.54 Å². The summed E-state index contributed by atoms with van der Waals surface area (Å²) < 4.78 is 13.7. The van der Waals surface area contributed by atoms with Crippen LogP contribution in [0.25, 0.3) is 0 Å². The predicted molar refractivity (Wildman–Crippen MR) is 67.7 cm³/mol. The average molecular weight is 244 g/mol. The lowest BCUT2D eigenvalue weighted by atomic mass is 9.93. The van der Waals surface area contributed by atoms with E-state index in [9.17, 15) is 4.39 Å². The Morgan fingerprint density at radius 3 is 2.50 bits per heavy atom. The van der Waals surface area contributed by atoms with Gasteiger partial charge in [-0.25, -0.2) is 4.39 Å². The number of halogens is 2. The number of alkyl halides is 1. The molecule has 0 amide bonds. The van der Waals surface area contributed by atoms with E-state index in [1.54, 1.807) is 12.1 Å². The fraction of sp³-hybridized carbons (Fsp3) is 0.538. The zero-order chi connectivity index (χ0) is 12.3. The van der Waals surface area contributed by atoms with E-state index in [1.807, 2.05) is 6.07 Å². The maximum absolute atomic E-state index is 13.7. The second-order valence-corrected chi connectivity index (χ2v) is 5.09. The molecule has 1 nitrogen and oxygen atoms in total. The minimum Gasteiger partial charge on any atom is -0.330 e. The Labute approximate surface area is 102 Å². The van der Waals surface area contributed by atoms with Crippen LogP contribution >= 0.6 is 11.6 Å². The molecule has 1 rings (SSSR count). The summed E-state index contributed by atoms with van der Waals surface area (Å²) >= 11 is 6.16. The van der Waals surface area contributed by atoms with Gasteiger partial charge in [-0.2, -0.15) is 0 Å². The smallest absolute Gasteiger partial charge is 0.130 e. The normalized spacial score (nSPS) is 13.9. The molecular formula is C13H19ClFN. The number of nitrogens with two attached hydrogens (primary N) is 1. The van der Waals surface area contributed by atoms with Crippen LogP contribution in [0.1, 0.15) is 44.2 Å². The number of hydrogen-bond donors (Lipinski definition) is 1. The summed E-state index contributed by atoms with van der Waals surface area (Å²) in [5.41, 5.74) is 5.82. The van der Waals surface area contributed by atoms with E-state index < -0.39 is 5.67 Å². The number of benzene rings is 1. The van der Waals surface area contributed by atoms with Gasteiger partial charge in [0.05, 0.1) is 0 Å². The summed E-state index contributed by atoms with van der Waals surface area (Å²) in [6, 6.07) is 5.41. The summed E-state index contributed by atoms with van der Waals surface area (Å²) in [4.78, 5) is 0. The van der Waals surface area contributed by atoms with Gasteiger partial charge in [0.2, 0.25) is 0 Å². The Bertz CT molecular complexity index is 357. The number of hydrogen-bond acceptors (Lipinski definition) is 1. The summed E-state index contributed by atoms with van der Waals surface area (Å²) in [7, 11) is 0. The fourth-order valence-electron chi connectivity index (χ4n) is 1.70. The first-order valence-electron chi connectivity index (χ1n) is 5.55. The van der Waals surface area contributed by atoms with Crippen LogP contribution in [-0.2, 0) is 5.67 Å². The summed E-state index contributed by atoms with van der Waals surface area (Å²) in [6.07, 6.45) is 0.887. The van der Waals surface area contributed by atoms with E-state index in [4.69, 9.17) is 17.3 Å². The van der Waals surface area contributed by atoms with E-state index in [0.717, 1.165) is 12.0 Å². The van der Waals surface area contributed by atoms with Gasteiger partial charge in [-0.15, -0.1) is 0 Å². The molecule has 0 spiro atoms. The quantitative estimate of drug-likeness (QED) is 0.850. The summed E-state index contributed by atoms with van der Waals surface area (Å²) in [5.74, 6) is 0.314. The molecule has 0 saturated carbocycles. The van der Waals surface area contributed by atoms with E-state index in [2.05, 4.69) is 6.92 Å². The average Bonchev–Trinajstić information content (AvgIpc) is 2.16. The molecule has 1 atom stereocenters. The van der Waals surface area contributed by atoms with Crippen LogP contribution in [-0.4, -0.2) is 6.54 Å². The highest BCUT2D eigenvalue weighted by atomic mass is 35.5. The molecule has 1 aromatic carbocycles. The molecule has 1 unspecified atom stereocenters. The maximum atomic E-state index is 13.7. The molecule has 0 fully saturated rings. The van der Waals surface area contributed by atoms with Crippen molar-refractivity contribution in [2.24, 2.45) is 5.73 Å². The second kappa shape index (κ2) is 5.15. The molecule has 16 heavy (non-hydrogen) atoms. The molecule has 3 heteroatoms. The van der Waals surface area contributed by atoms with Gasteiger partial charge >= 0.3 is 0 Å². The van der Waals surface area contributed by atoms with E-state index in [-0.39, 0.29) is 0 Å². The SMILES string of the molecule is CC(CCN)c1ccc(C(C)(C)F)cc1Cl. The van der Waals surface area contributed by atoms with Crippen LogP contribution in [0.5, 0.6) is 0 Å². The highest BCUT2D eigenvalue weighted by Crippen LogP contribution is 2.32. The molecule has 2 N–H and O–H groups in total. The van der Waals surface area contributed by atoms with Crippen molar-refractivity contribution < 1.29 is 4.39 Å². The first-order valence-corrected chi connectivity index (χ1v) is 5.93. The van der Waals surface area contributed by atoms with Gasteiger partial charge in [0.25, 0.3) is 0 Å². The minimum atomic E-state index is -1.35. The third kappa shape index (κ3) is 3.19. The van der Waals surface area contributed by atoms with Crippen LogP contribution in [0.4, 0.5) is 4.39 Å². The Morgan fingerprint density at radius 2 is 2.06 bits per heavy atom. The van der Waals surface area contributed by atoms with Crippen molar-refractivity contribution in [1.29, 1.82) is 0 Å². The predicted octanol–water partition coefficient (Wildman–Crippen LogP) is 4.00. The molecular weight excluding hydrogens is 225 g/mol. The first kappa shape index (κ1) is 13.5. The zero-order valence-corrected chi connectivity index (χ0v) is 10.8. The van der Waals surface area contributed by atoms with E-state index >= 15 is 0 Å². The monoisotopic (exact) mass is 243 g/mol. The molecule has 0 aromatic heterocycles. The van der Waals surface area contributed by atoms with Crippen LogP contribution < -0.4 is 5.73 Å². The Hall–Kier alpha value is -0.600. The first-order chi connectivity index (χ1) is 7.36. The Balaban J connectivity index is 3.00. The highest BCUT2D eigenvalue weighted by molar-refractivity contribution is 6.31. The molecule has 0 aliphatic rings. The van der Waals surface area contributed by atoms with Crippen molar-refractivity contribution in [3.63, 3.8) is 0 Å². The lowest BCUT2D eigenvalue weighted by Crippen LogP contribution is -2.10. The van der Waals surface area contributed by atoms with Crippen molar-refractivity contribution in [3.8, 4) is 0 Å². The van der Waals surface area contributed by atoms with Crippen molar-refractivity contribution in [1.82, 2.24) is 0 Å². The standard InChI is InChI=1S/C13H19ClFN/c1-9(6-7-16)11-5-4-10(8-12(11)14)13(2,3)15/h4-5,8-9H,6-7,16H2,1-3H3. The molecule has 0 aliphatic carbocycles. The molecule has 0 heterocycles. The van der Waals surface area contributed by atoms with Gasteiger partial charge < -0.3 is 5.73 Å². The lowest BCUT2D eigenvalue weighted by molar-refractivity contribution is 0.221. The second-order valence-electron chi connectivity index (χ2n) is 4.69. The molecule has 0 saturated heterocycles. The van der Waals surface area contributed by atoms with Gasteiger partial charge in [-0.1, -0.05) is 30.7 Å². The molecule has 90 valence electrons. The largest absolute Gasteiger partial charge is 0.330 e. The third-order valence-electron chi connectivity index (χ3n) is 2.82. The number of rotatable bonds is 4. The van der Waals surface area contributed by atoms with Gasteiger partial charge in [0, 0.05) is 5.02 Å². The molecule has 0 bridgehead atoms. The van der Waals surface area contributed by atoms with Crippen LogP contribution in [0.2, 0.25) is 5.02 Å². The van der Waals surface area contributed by atoms with Crippen LogP contribution in [0, 0.1) is 0 Å². The van der Waals surface area contributed by atoms with Gasteiger partial charge in [-0.05, 0) is 49.9 Å². The van der Waals surface area contributed by atoms with Gasteiger partial charge in [0.15, 0.2) is 0 Å². The highest BCUT2D eigenvalue weighted by Gasteiger charge is 2.20. The Kier molecular flexibility index (Phi) is 4.34. The van der Waals surface area contributed by atoms with Crippen molar-refractivity contribution in [2.45, 2.75) is 38.8 Å². The van der Waals surface area contributed by atoms with Gasteiger partial charge in [0.1, 0.15) is 5.67 Å². The zero-order valence-electron chi connectivity index (χ0n) is 10.1. The van der Waals surface area contributed by atoms with Crippen molar-refractivity contribution >= 4 is 11.6 Å². The lowest BCUT2D eigenvalue weighted by Gasteiger charge is -2.18. The van der Waals surface area contributed by atoms with Crippen LogP contribution in [0.15, 0.2) is 18.2 Å². The van der Waals surface area contributed by atoms with E-state index in [0.29, 0.717) is 23.0 Å². The molecule has 1 aromatic rings. The van der Waals surface area contributed by atoms with Gasteiger partial charge in [-0.3, -0.25) is 0 Å².